The number of benzene rings is 2. The van der Waals surface area contributed by atoms with E-state index in [1.165, 1.54) is 0 Å². The number of nitrogens with one attached hydrogen (secondary N) is 1. The molecule has 0 fully saturated rings. The third kappa shape index (κ3) is 5.77. The number of ether oxygens (including phenoxy) is 1. The molecule has 5 nitrogen and oxygen atoms in total. The summed E-state index contributed by atoms with van der Waals surface area (Å²) in [4.78, 5) is 4.26. The van der Waals surface area contributed by atoms with Crippen LogP contribution in [0.5, 0.6) is 0 Å². The molecule has 0 spiro atoms. The zero-order chi connectivity index (χ0) is 16.7. The lowest BCUT2D eigenvalue weighted by Gasteiger charge is -2.22. The Bertz CT molecular complexity index is 660. The number of rotatable bonds is 6. The monoisotopic (exact) mass is 441 g/mol. The van der Waals surface area contributed by atoms with Crippen molar-refractivity contribution in [3.63, 3.8) is 0 Å². The van der Waals surface area contributed by atoms with Crippen molar-refractivity contribution >= 4 is 35.6 Å². The molecule has 2 aromatic rings. The predicted molar refractivity (Wildman–Crippen MR) is 109 cm³/mol. The van der Waals surface area contributed by atoms with E-state index in [-0.39, 0.29) is 36.5 Å². The highest BCUT2D eigenvalue weighted by atomic mass is 127. The molecule has 1 atom stereocenters. The summed E-state index contributed by atoms with van der Waals surface area (Å²) < 4.78 is 5.16. The van der Waals surface area contributed by atoms with Crippen molar-refractivity contribution in [1.82, 2.24) is 0 Å². The lowest BCUT2D eigenvalue weighted by atomic mass is 9.96. The number of nitrogens with zero attached hydrogens (tertiary/aromatic N) is 1. The topological polar surface area (TPSA) is 79.9 Å². The highest BCUT2D eigenvalue weighted by molar-refractivity contribution is 14.0. The molecule has 0 heterocycles. The highest BCUT2D eigenvalue weighted by Crippen LogP contribution is 2.20. The molecule has 0 saturated carbocycles. The smallest absolute Gasteiger partial charge is 0.193 e. The SMILES string of the molecule is COCc1ccccc1NC(N)=NCC(C)(O)c1ccccc1.I. The standard InChI is InChI=1S/C18H23N3O2.HI/c1-18(22,15-9-4-3-5-10-15)13-20-17(19)21-16-11-7-6-8-14(16)12-23-2;/h3-11,22H,12-13H2,1-2H3,(H3,19,20,21);1H. The molecule has 0 aliphatic heterocycles. The number of guanidine groups is 1. The van der Waals surface area contributed by atoms with E-state index in [0.717, 1.165) is 16.8 Å². The Kier molecular flexibility index (Phi) is 8.17. The molecule has 0 aliphatic rings. The van der Waals surface area contributed by atoms with Gasteiger partial charge in [0, 0.05) is 18.4 Å². The minimum absolute atomic E-state index is 0. The third-order valence-electron chi connectivity index (χ3n) is 3.53. The van der Waals surface area contributed by atoms with Crippen LogP contribution in [0.3, 0.4) is 0 Å². The summed E-state index contributed by atoms with van der Waals surface area (Å²) in [7, 11) is 1.64. The Labute approximate surface area is 160 Å². The van der Waals surface area contributed by atoms with Crippen molar-refractivity contribution in [2.75, 3.05) is 19.0 Å². The van der Waals surface area contributed by atoms with E-state index in [2.05, 4.69) is 10.3 Å². The lowest BCUT2D eigenvalue weighted by Crippen LogP contribution is -2.29. The van der Waals surface area contributed by atoms with Gasteiger partial charge in [-0.3, -0.25) is 0 Å². The van der Waals surface area contributed by atoms with Gasteiger partial charge in [-0.15, -0.1) is 24.0 Å². The van der Waals surface area contributed by atoms with Crippen LogP contribution in [0.4, 0.5) is 5.69 Å². The van der Waals surface area contributed by atoms with Gasteiger partial charge in [0.2, 0.25) is 0 Å². The van der Waals surface area contributed by atoms with Gasteiger partial charge in [-0.05, 0) is 18.6 Å². The van der Waals surface area contributed by atoms with Crippen LogP contribution < -0.4 is 11.1 Å². The van der Waals surface area contributed by atoms with Crippen LogP contribution in [-0.2, 0) is 16.9 Å². The molecule has 0 bridgehead atoms. The summed E-state index contributed by atoms with van der Waals surface area (Å²) in [5.74, 6) is 0.254. The maximum absolute atomic E-state index is 10.5. The van der Waals surface area contributed by atoms with Crippen LogP contribution >= 0.6 is 24.0 Å². The molecular formula is C18H24IN3O2. The van der Waals surface area contributed by atoms with Crippen molar-refractivity contribution in [2.24, 2.45) is 10.7 Å². The summed E-state index contributed by atoms with van der Waals surface area (Å²) in [5, 5.41) is 13.6. The van der Waals surface area contributed by atoms with Crippen molar-refractivity contribution in [3.8, 4) is 0 Å². The van der Waals surface area contributed by atoms with Crippen LogP contribution in [0.1, 0.15) is 18.1 Å². The summed E-state index contributed by atoms with van der Waals surface area (Å²) in [5.41, 5.74) is 7.51. The summed E-state index contributed by atoms with van der Waals surface area (Å²) in [6, 6.07) is 17.1. The Morgan fingerprint density at radius 2 is 1.79 bits per heavy atom. The van der Waals surface area contributed by atoms with Gasteiger partial charge in [-0.2, -0.15) is 0 Å². The number of halogens is 1. The van der Waals surface area contributed by atoms with Gasteiger partial charge in [0.15, 0.2) is 5.96 Å². The van der Waals surface area contributed by atoms with Gasteiger partial charge in [-0.1, -0.05) is 48.5 Å². The molecule has 24 heavy (non-hydrogen) atoms. The van der Waals surface area contributed by atoms with Gasteiger partial charge in [0.1, 0.15) is 5.60 Å². The Morgan fingerprint density at radius 3 is 2.46 bits per heavy atom. The van der Waals surface area contributed by atoms with E-state index in [1.807, 2.05) is 54.6 Å². The number of methoxy groups -OCH3 is 1. The van der Waals surface area contributed by atoms with Crippen molar-refractivity contribution in [1.29, 1.82) is 0 Å². The van der Waals surface area contributed by atoms with E-state index in [4.69, 9.17) is 10.5 Å². The van der Waals surface area contributed by atoms with Crippen LogP contribution in [-0.4, -0.2) is 24.7 Å². The Morgan fingerprint density at radius 1 is 1.17 bits per heavy atom. The number of hydrogen-bond donors (Lipinski definition) is 3. The minimum Gasteiger partial charge on any atom is -0.384 e. The molecule has 0 amide bonds. The maximum atomic E-state index is 10.5. The second-order valence-electron chi connectivity index (χ2n) is 5.56. The first kappa shape index (κ1) is 20.4. The molecule has 4 N–H and O–H groups in total. The van der Waals surface area contributed by atoms with Gasteiger partial charge < -0.3 is 20.9 Å². The van der Waals surface area contributed by atoms with E-state index in [0.29, 0.717) is 6.61 Å². The summed E-state index contributed by atoms with van der Waals surface area (Å²) in [6.45, 7) is 2.37. The molecule has 0 radical (unpaired) electrons. The molecular weight excluding hydrogens is 417 g/mol. The summed E-state index contributed by atoms with van der Waals surface area (Å²) >= 11 is 0. The normalized spacial score (nSPS) is 13.7. The minimum atomic E-state index is -1.07. The molecule has 130 valence electrons. The lowest BCUT2D eigenvalue weighted by molar-refractivity contribution is 0.0674. The average molecular weight is 441 g/mol. The van der Waals surface area contributed by atoms with Crippen molar-refractivity contribution in [2.45, 2.75) is 19.1 Å². The Balaban J connectivity index is 0.00000288. The fraction of sp³-hybridized carbons (Fsp3) is 0.278. The number of aliphatic hydroxyl groups is 1. The first-order valence-electron chi connectivity index (χ1n) is 7.44. The molecule has 2 aromatic carbocycles. The van der Waals surface area contributed by atoms with Gasteiger partial charge in [-0.25, -0.2) is 4.99 Å². The highest BCUT2D eigenvalue weighted by Gasteiger charge is 2.22. The third-order valence-corrected chi connectivity index (χ3v) is 3.53. The van der Waals surface area contributed by atoms with Gasteiger partial charge in [0.05, 0.1) is 13.2 Å². The quantitative estimate of drug-likeness (QED) is 0.366. The van der Waals surface area contributed by atoms with Crippen LogP contribution in [0.25, 0.3) is 0 Å². The zero-order valence-electron chi connectivity index (χ0n) is 13.9. The van der Waals surface area contributed by atoms with Crippen molar-refractivity contribution in [3.05, 3.63) is 65.7 Å². The van der Waals surface area contributed by atoms with Gasteiger partial charge >= 0.3 is 0 Å². The average Bonchev–Trinajstić information content (AvgIpc) is 2.56. The second-order valence-corrected chi connectivity index (χ2v) is 5.56. The number of nitrogens with two attached hydrogens (primary N) is 1. The van der Waals surface area contributed by atoms with Crippen LogP contribution in [0, 0.1) is 0 Å². The second kappa shape index (κ2) is 9.61. The van der Waals surface area contributed by atoms with Crippen LogP contribution in [0.15, 0.2) is 59.6 Å². The number of hydrogen-bond acceptors (Lipinski definition) is 3. The van der Waals surface area contributed by atoms with E-state index < -0.39 is 5.60 Å². The zero-order valence-corrected chi connectivity index (χ0v) is 16.2. The predicted octanol–water partition coefficient (Wildman–Crippen LogP) is 3.09. The van der Waals surface area contributed by atoms with Gasteiger partial charge in [0.25, 0.3) is 0 Å². The maximum Gasteiger partial charge on any atom is 0.193 e. The molecule has 0 aromatic heterocycles. The van der Waals surface area contributed by atoms with E-state index in [9.17, 15) is 5.11 Å². The Hall–Kier alpha value is -1.64. The molecule has 6 heteroatoms. The van der Waals surface area contributed by atoms with E-state index >= 15 is 0 Å². The number of aliphatic imine (C=N–C) groups is 1. The fourth-order valence-electron chi connectivity index (χ4n) is 2.23. The molecule has 1 unspecified atom stereocenters. The number of anilines is 1. The van der Waals surface area contributed by atoms with E-state index in [1.54, 1.807) is 14.0 Å². The first-order valence-corrected chi connectivity index (χ1v) is 7.44. The van der Waals surface area contributed by atoms with Crippen molar-refractivity contribution < 1.29 is 9.84 Å². The molecule has 0 aliphatic carbocycles. The van der Waals surface area contributed by atoms with Crippen LogP contribution in [0.2, 0.25) is 0 Å². The number of para-hydroxylation sites is 1. The molecule has 0 saturated heterocycles. The first-order chi connectivity index (χ1) is 11.0. The summed E-state index contributed by atoms with van der Waals surface area (Å²) in [6.07, 6.45) is 0. The fourth-order valence-corrected chi connectivity index (χ4v) is 2.23. The largest absolute Gasteiger partial charge is 0.384 e. The molecule has 2 rings (SSSR count).